The number of aromatic nitrogens is 1. The van der Waals surface area contributed by atoms with Gasteiger partial charge in [-0.2, -0.15) is 0 Å². The number of fused-ring (bicyclic) bond motifs is 7. The second-order valence-electron chi connectivity index (χ2n) is 9.80. The fraction of sp³-hybridized carbons (Fsp3) is 0.357. The minimum Gasteiger partial charge on any atom is -0.478 e. The molecule has 1 aliphatic heterocycles. The van der Waals surface area contributed by atoms with E-state index in [1.165, 1.54) is 36.1 Å². The van der Waals surface area contributed by atoms with Crippen LogP contribution < -0.4 is 10.6 Å². The lowest BCUT2D eigenvalue weighted by Gasteiger charge is -2.43. The van der Waals surface area contributed by atoms with Crippen molar-refractivity contribution in [3.8, 4) is 0 Å². The molecule has 3 N–H and O–H groups in total. The first kappa shape index (κ1) is 20.3. The molecule has 5 atom stereocenters. The maximum absolute atomic E-state index is 11.6. The van der Waals surface area contributed by atoms with Crippen LogP contribution in [0.5, 0.6) is 0 Å². The van der Waals surface area contributed by atoms with Crippen LogP contribution in [-0.4, -0.2) is 22.6 Å². The van der Waals surface area contributed by atoms with Gasteiger partial charge in [0.2, 0.25) is 0 Å². The van der Waals surface area contributed by atoms with Crippen molar-refractivity contribution in [3.05, 3.63) is 89.1 Å². The number of anilines is 2. The van der Waals surface area contributed by atoms with E-state index in [9.17, 15) is 9.90 Å². The van der Waals surface area contributed by atoms with Crippen molar-refractivity contribution in [1.29, 1.82) is 0 Å². The normalized spacial score (nSPS) is 26.8. The molecule has 0 spiro atoms. The number of carbonyl (C=O) groups is 1. The minimum absolute atomic E-state index is 0.175. The number of aromatic carboxylic acids is 1. The Morgan fingerprint density at radius 2 is 1.97 bits per heavy atom. The number of carboxylic acid groups (broad SMARTS) is 1. The van der Waals surface area contributed by atoms with E-state index in [1.54, 1.807) is 6.07 Å². The predicted molar refractivity (Wildman–Crippen MR) is 130 cm³/mol. The molecule has 2 aliphatic carbocycles. The molecule has 2 saturated carbocycles. The van der Waals surface area contributed by atoms with Crippen molar-refractivity contribution in [2.45, 2.75) is 37.6 Å². The number of nitrogens with one attached hydrogen (secondary N) is 2. The zero-order valence-electron chi connectivity index (χ0n) is 18.6. The Balaban J connectivity index is 1.28. The van der Waals surface area contributed by atoms with Gasteiger partial charge in [-0.1, -0.05) is 30.3 Å². The van der Waals surface area contributed by atoms with Crippen LogP contribution in [0.1, 0.15) is 58.3 Å². The molecule has 6 rings (SSSR count). The number of nitrogens with zero attached hydrogens (tertiary/aromatic N) is 1. The number of benzene rings is 2. The molecule has 33 heavy (non-hydrogen) atoms. The fourth-order valence-electron chi connectivity index (χ4n) is 6.69. The van der Waals surface area contributed by atoms with Crippen LogP contribution in [0, 0.1) is 17.8 Å². The van der Waals surface area contributed by atoms with E-state index >= 15 is 0 Å². The summed E-state index contributed by atoms with van der Waals surface area (Å²) in [4.78, 5) is 15.9. The average molecular weight is 440 g/mol. The van der Waals surface area contributed by atoms with Crippen molar-refractivity contribution >= 4 is 17.5 Å². The molecule has 0 radical (unpaired) electrons. The Hall–Kier alpha value is -3.34. The highest BCUT2D eigenvalue weighted by atomic mass is 16.4. The monoisotopic (exact) mass is 439 g/mol. The third-order valence-corrected chi connectivity index (χ3v) is 8.03. The van der Waals surface area contributed by atoms with E-state index in [4.69, 9.17) is 0 Å². The second-order valence-corrected chi connectivity index (χ2v) is 9.80. The maximum atomic E-state index is 11.6. The Labute approximate surface area is 194 Å². The Bertz CT molecular complexity index is 1180. The quantitative estimate of drug-likeness (QED) is 0.457. The molecule has 2 bridgehead atoms. The summed E-state index contributed by atoms with van der Waals surface area (Å²) in [5.74, 6) is 2.60. The molecule has 0 saturated heterocycles. The van der Waals surface area contributed by atoms with Crippen LogP contribution in [0.4, 0.5) is 11.5 Å². The summed E-state index contributed by atoms with van der Waals surface area (Å²) in [7, 11) is 0. The standard InChI is InChI=1S/C28H29N3O2/c32-28(33)21-5-3-4-20(16-21)27-26-19-9-8-18(15-19)25(26)22-14-17(7-10-23(22)31-27)11-13-30-24-6-1-2-12-29-24/h1-7,10,12,14,16,18-19,25-27,31H,8-9,11,13,15H2,(H,29,30)(H,32,33)/t18-,19-,25-,26-,27-/m0/s1. The highest BCUT2D eigenvalue weighted by molar-refractivity contribution is 5.87. The van der Waals surface area contributed by atoms with Gasteiger partial charge in [-0.25, -0.2) is 9.78 Å². The van der Waals surface area contributed by atoms with Gasteiger partial charge in [0.1, 0.15) is 5.82 Å². The second kappa shape index (κ2) is 8.22. The zero-order chi connectivity index (χ0) is 22.4. The van der Waals surface area contributed by atoms with E-state index < -0.39 is 5.97 Å². The highest BCUT2D eigenvalue weighted by Gasteiger charge is 2.53. The number of rotatable bonds is 6. The summed E-state index contributed by atoms with van der Waals surface area (Å²) in [6.07, 6.45) is 6.69. The lowest BCUT2D eigenvalue weighted by atomic mass is 9.67. The van der Waals surface area contributed by atoms with Crippen molar-refractivity contribution in [1.82, 2.24) is 4.98 Å². The van der Waals surface area contributed by atoms with Crippen LogP contribution in [-0.2, 0) is 6.42 Å². The molecule has 1 aromatic heterocycles. The predicted octanol–water partition coefficient (Wildman–Crippen LogP) is 5.73. The van der Waals surface area contributed by atoms with Gasteiger partial charge >= 0.3 is 5.97 Å². The highest BCUT2D eigenvalue weighted by Crippen LogP contribution is 2.63. The third-order valence-electron chi connectivity index (χ3n) is 8.03. The van der Waals surface area contributed by atoms with Gasteiger partial charge in [0.05, 0.1) is 11.6 Å². The molecule has 168 valence electrons. The van der Waals surface area contributed by atoms with Crippen molar-refractivity contribution in [3.63, 3.8) is 0 Å². The molecule has 0 amide bonds. The maximum Gasteiger partial charge on any atom is 0.335 e. The van der Waals surface area contributed by atoms with E-state index in [2.05, 4.69) is 39.9 Å². The molecule has 2 fully saturated rings. The zero-order valence-corrected chi connectivity index (χ0v) is 18.6. The van der Waals surface area contributed by atoms with E-state index in [0.29, 0.717) is 23.3 Å². The molecule has 2 aromatic carbocycles. The van der Waals surface area contributed by atoms with Crippen LogP contribution in [0.3, 0.4) is 0 Å². The van der Waals surface area contributed by atoms with Gasteiger partial charge < -0.3 is 15.7 Å². The smallest absolute Gasteiger partial charge is 0.335 e. The van der Waals surface area contributed by atoms with E-state index in [1.807, 2.05) is 36.5 Å². The molecule has 5 heteroatoms. The van der Waals surface area contributed by atoms with Crippen molar-refractivity contribution in [2.75, 3.05) is 17.2 Å². The fourth-order valence-corrected chi connectivity index (χ4v) is 6.69. The van der Waals surface area contributed by atoms with Gasteiger partial charge in [-0.15, -0.1) is 0 Å². The van der Waals surface area contributed by atoms with Crippen molar-refractivity contribution in [2.24, 2.45) is 17.8 Å². The van der Waals surface area contributed by atoms with E-state index in [0.717, 1.165) is 30.3 Å². The average Bonchev–Trinajstić information content (AvgIpc) is 3.47. The van der Waals surface area contributed by atoms with Gasteiger partial charge in [-0.05, 0) is 96.4 Å². The van der Waals surface area contributed by atoms with Crippen LogP contribution in [0.25, 0.3) is 0 Å². The third kappa shape index (κ3) is 3.65. The molecular weight excluding hydrogens is 410 g/mol. The van der Waals surface area contributed by atoms with Crippen LogP contribution in [0.2, 0.25) is 0 Å². The van der Waals surface area contributed by atoms with E-state index in [-0.39, 0.29) is 6.04 Å². The van der Waals surface area contributed by atoms with Gasteiger partial charge in [0, 0.05) is 18.4 Å². The van der Waals surface area contributed by atoms with Gasteiger partial charge in [0.25, 0.3) is 0 Å². The Morgan fingerprint density at radius 3 is 2.82 bits per heavy atom. The number of carboxylic acids is 1. The van der Waals surface area contributed by atoms with Crippen LogP contribution >= 0.6 is 0 Å². The number of hydrogen-bond donors (Lipinski definition) is 3. The molecule has 2 heterocycles. The van der Waals surface area contributed by atoms with Crippen molar-refractivity contribution < 1.29 is 9.90 Å². The largest absolute Gasteiger partial charge is 0.478 e. The molecule has 0 unspecified atom stereocenters. The number of hydrogen-bond acceptors (Lipinski definition) is 4. The summed E-state index contributed by atoms with van der Waals surface area (Å²) in [5.41, 5.74) is 5.51. The summed E-state index contributed by atoms with van der Waals surface area (Å²) in [6, 6.07) is 20.5. The first-order chi connectivity index (χ1) is 16.2. The minimum atomic E-state index is -0.860. The topological polar surface area (TPSA) is 74.2 Å². The molecule has 3 aromatic rings. The molecule has 5 nitrogen and oxygen atoms in total. The molecular formula is C28H29N3O2. The molecule has 3 aliphatic rings. The number of pyridine rings is 1. The van der Waals surface area contributed by atoms with Gasteiger partial charge in [-0.3, -0.25) is 0 Å². The SMILES string of the molecule is O=C(O)c1cccc([C@@H]2Nc3ccc(CCNc4ccccn4)cc3[C@@H]3[C@H]4CC[C@@H](C4)[C@@H]32)c1. The summed E-state index contributed by atoms with van der Waals surface area (Å²) < 4.78 is 0. The Morgan fingerprint density at radius 1 is 1.06 bits per heavy atom. The summed E-state index contributed by atoms with van der Waals surface area (Å²) >= 11 is 0. The lowest BCUT2D eigenvalue weighted by Crippen LogP contribution is -2.35. The summed E-state index contributed by atoms with van der Waals surface area (Å²) in [6.45, 7) is 0.855. The van der Waals surface area contributed by atoms with Gasteiger partial charge in [0.15, 0.2) is 0 Å². The van der Waals surface area contributed by atoms with Crippen LogP contribution in [0.15, 0.2) is 66.9 Å². The Kier molecular flexibility index (Phi) is 5.05. The first-order valence-electron chi connectivity index (χ1n) is 12.0. The summed E-state index contributed by atoms with van der Waals surface area (Å²) in [5, 5.41) is 16.7. The lowest BCUT2D eigenvalue weighted by molar-refractivity contribution is 0.0696. The first-order valence-corrected chi connectivity index (χ1v) is 12.0.